The van der Waals surface area contributed by atoms with E-state index >= 15 is 0 Å². The van der Waals surface area contributed by atoms with Gasteiger partial charge in [-0.3, -0.25) is 14.7 Å². The van der Waals surface area contributed by atoms with Gasteiger partial charge in [0.15, 0.2) is 0 Å². The first-order valence-corrected chi connectivity index (χ1v) is 9.99. The van der Waals surface area contributed by atoms with Crippen LogP contribution < -0.4 is 10.2 Å². The smallest absolute Gasteiger partial charge is 0.414 e. The van der Waals surface area contributed by atoms with E-state index in [1.807, 2.05) is 24.3 Å². The van der Waals surface area contributed by atoms with Gasteiger partial charge in [0.05, 0.1) is 0 Å². The number of halogens is 1. The van der Waals surface area contributed by atoms with Crippen molar-refractivity contribution in [1.82, 2.24) is 4.98 Å². The summed E-state index contributed by atoms with van der Waals surface area (Å²) < 4.78 is 5.50. The standard InChI is InChI=1S/C23H24ClN3O3/c1-23(2,3)30-22(29)27(20-8-5-18(24)6-9-20)13-11-21(28)26-19-7-4-17-15-25-12-10-16(17)14-19/h4-10,12,14-15H,11,13H2,1-3H3,(H,26,28). The van der Waals surface area contributed by atoms with E-state index < -0.39 is 11.7 Å². The summed E-state index contributed by atoms with van der Waals surface area (Å²) in [5.74, 6) is -0.203. The molecule has 30 heavy (non-hydrogen) atoms. The van der Waals surface area contributed by atoms with Gasteiger partial charge in [0, 0.05) is 47.1 Å². The van der Waals surface area contributed by atoms with Gasteiger partial charge < -0.3 is 10.1 Å². The summed E-state index contributed by atoms with van der Waals surface area (Å²) in [5.41, 5.74) is 0.651. The molecule has 0 aliphatic carbocycles. The summed E-state index contributed by atoms with van der Waals surface area (Å²) >= 11 is 5.96. The Morgan fingerprint density at radius 1 is 1.07 bits per heavy atom. The van der Waals surface area contributed by atoms with Gasteiger partial charge >= 0.3 is 6.09 Å². The van der Waals surface area contributed by atoms with E-state index in [-0.39, 0.29) is 18.9 Å². The van der Waals surface area contributed by atoms with Crippen molar-refractivity contribution < 1.29 is 14.3 Å². The minimum Gasteiger partial charge on any atom is -0.443 e. The van der Waals surface area contributed by atoms with Crippen molar-refractivity contribution in [3.8, 4) is 0 Å². The van der Waals surface area contributed by atoms with Crippen LogP contribution in [0.4, 0.5) is 16.2 Å². The number of carbonyl (C=O) groups is 2. The summed E-state index contributed by atoms with van der Waals surface area (Å²) in [6, 6.07) is 14.3. The molecule has 156 valence electrons. The molecule has 0 saturated heterocycles. The Morgan fingerprint density at radius 3 is 2.50 bits per heavy atom. The molecule has 0 spiro atoms. The number of hydrogen-bond acceptors (Lipinski definition) is 4. The Balaban J connectivity index is 1.69. The Morgan fingerprint density at radius 2 is 1.80 bits per heavy atom. The number of carbonyl (C=O) groups excluding carboxylic acids is 2. The maximum absolute atomic E-state index is 12.7. The second-order valence-corrected chi connectivity index (χ2v) is 8.28. The van der Waals surface area contributed by atoms with E-state index in [9.17, 15) is 9.59 Å². The zero-order valence-electron chi connectivity index (χ0n) is 17.2. The number of fused-ring (bicyclic) bond motifs is 1. The van der Waals surface area contributed by atoms with Crippen molar-refractivity contribution in [2.75, 3.05) is 16.8 Å². The molecule has 1 aromatic heterocycles. The van der Waals surface area contributed by atoms with Gasteiger partial charge in [-0.05, 0) is 68.6 Å². The average molecular weight is 426 g/mol. The van der Waals surface area contributed by atoms with Crippen LogP contribution in [-0.2, 0) is 9.53 Å². The van der Waals surface area contributed by atoms with Crippen molar-refractivity contribution in [2.45, 2.75) is 32.8 Å². The molecule has 2 aromatic carbocycles. The fourth-order valence-electron chi connectivity index (χ4n) is 2.86. The third-order valence-electron chi connectivity index (χ3n) is 4.24. The molecule has 0 fully saturated rings. The van der Waals surface area contributed by atoms with Gasteiger partial charge in [-0.2, -0.15) is 0 Å². The first-order chi connectivity index (χ1) is 14.2. The number of hydrogen-bond donors (Lipinski definition) is 1. The Bertz CT molecular complexity index is 1050. The topological polar surface area (TPSA) is 71.5 Å². The lowest BCUT2D eigenvalue weighted by molar-refractivity contribution is -0.116. The largest absolute Gasteiger partial charge is 0.443 e. The molecule has 6 nitrogen and oxygen atoms in total. The lowest BCUT2D eigenvalue weighted by Crippen LogP contribution is -2.38. The molecule has 1 heterocycles. The van der Waals surface area contributed by atoms with Crippen LogP contribution >= 0.6 is 11.6 Å². The van der Waals surface area contributed by atoms with Crippen LogP contribution in [0.5, 0.6) is 0 Å². The number of aromatic nitrogens is 1. The van der Waals surface area contributed by atoms with E-state index in [1.165, 1.54) is 4.90 Å². The first kappa shape index (κ1) is 21.6. The predicted octanol–water partition coefficient (Wildman–Crippen LogP) is 5.66. The summed E-state index contributed by atoms with van der Waals surface area (Å²) in [6.45, 7) is 5.56. The van der Waals surface area contributed by atoms with Crippen LogP contribution in [0.3, 0.4) is 0 Å². The SMILES string of the molecule is CC(C)(C)OC(=O)N(CCC(=O)Nc1ccc2cnccc2c1)c1ccc(Cl)cc1. The molecule has 0 unspecified atom stereocenters. The fraction of sp³-hybridized carbons (Fsp3) is 0.261. The van der Waals surface area contributed by atoms with Crippen LogP contribution in [0.2, 0.25) is 5.02 Å². The van der Waals surface area contributed by atoms with Gasteiger partial charge in [0.25, 0.3) is 0 Å². The van der Waals surface area contributed by atoms with Crippen LogP contribution in [0.15, 0.2) is 60.9 Å². The number of pyridine rings is 1. The number of anilines is 2. The predicted molar refractivity (Wildman–Crippen MR) is 120 cm³/mol. The van der Waals surface area contributed by atoms with Crippen molar-refractivity contribution >= 4 is 45.7 Å². The van der Waals surface area contributed by atoms with Crippen LogP contribution in [-0.4, -0.2) is 29.1 Å². The molecule has 0 atom stereocenters. The molecule has 0 aliphatic rings. The maximum atomic E-state index is 12.7. The third-order valence-corrected chi connectivity index (χ3v) is 4.49. The molecule has 0 radical (unpaired) electrons. The molecule has 0 saturated carbocycles. The van der Waals surface area contributed by atoms with Gasteiger partial charge in [-0.25, -0.2) is 4.79 Å². The Hall–Kier alpha value is -3.12. The van der Waals surface area contributed by atoms with Gasteiger partial charge in [0.2, 0.25) is 5.91 Å². The minimum atomic E-state index is -0.649. The maximum Gasteiger partial charge on any atom is 0.414 e. The van der Waals surface area contributed by atoms with E-state index in [0.29, 0.717) is 16.4 Å². The van der Waals surface area contributed by atoms with Gasteiger partial charge in [-0.1, -0.05) is 17.7 Å². The molecule has 3 aromatic rings. The molecular formula is C23H24ClN3O3. The highest BCUT2D eigenvalue weighted by Gasteiger charge is 2.24. The second-order valence-electron chi connectivity index (χ2n) is 7.84. The second kappa shape index (κ2) is 9.13. The monoisotopic (exact) mass is 425 g/mol. The average Bonchev–Trinajstić information content (AvgIpc) is 2.68. The minimum absolute atomic E-state index is 0.107. The number of ether oxygens (including phenoxy) is 1. The molecule has 2 amide bonds. The lowest BCUT2D eigenvalue weighted by Gasteiger charge is -2.27. The van der Waals surface area contributed by atoms with Crippen LogP contribution in [0.1, 0.15) is 27.2 Å². The fourth-order valence-corrected chi connectivity index (χ4v) is 2.99. The molecule has 3 rings (SSSR count). The van der Waals surface area contributed by atoms with E-state index in [0.717, 1.165) is 10.8 Å². The molecule has 0 aliphatic heterocycles. The van der Waals surface area contributed by atoms with Crippen molar-refractivity contribution in [2.24, 2.45) is 0 Å². The highest BCUT2D eigenvalue weighted by atomic mass is 35.5. The summed E-state index contributed by atoms with van der Waals surface area (Å²) in [7, 11) is 0. The van der Waals surface area contributed by atoms with Crippen LogP contribution in [0, 0.1) is 0 Å². The summed E-state index contributed by atoms with van der Waals surface area (Å²) in [4.78, 5) is 30.7. The normalized spacial score (nSPS) is 11.2. The number of amides is 2. The van der Waals surface area contributed by atoms with E-state index in [2.05, 4.69) is 10.3 Å². The lowest BCUT2D eigenvalue weighted by atomic mass is 10.1. The van der Waals surface area contributed by atoms with Crippen LogP contribution in [0.25, 0.3) is 10.8 Å². The zero-order chi connectivity index (χ0) is 21.7. The number of rotatable bonds is 5. The molecule has 7 heteroatoms. The van der Waals surface area contributed by atoms with Gasteiger partial charge in [-0.15, -0.1) is 0 Å². The van der Waals surface area contributed by atoms with Crippen molar-refractivity contribution in [3.05, 3.63) is 65.9 Å². The first-order valence-electron chi connectivity index (χ1n) is 9.61. The van der Waals surface area contributed by atoms with Crippen molar-refractivity contribution in [1.29, 1.82) is 0 Å². The zero-order valence-corrected chi connectivity index (χ0v) is 17.9. The van der Waals surface area contributed by atoms with Gasteiger partial charge in [0.1, 0.15) is 5.60 Å². The summed E-state index contributed by atoms with van der Waals surface area (Å²) in [6.07, 6.45) is 3.07. The highest BCUT2D eigenvalue weighted by Crippen LogP contribution is 2.22. The molecule has 0 bridgehead atoms. The van der Waals surface area contributed by atoms with E-state index in [1.54, 1.807) is 57.4 Å². The quantitative estimate of drug-likeness (QED) is 0.572. The number of benzene rings is 2. The molecular weight excluding hydrogens is 402 g/mol. The third kappa shape index (κ3) is 5.94. The Labute approximate surface area is 180 Å². The number of nitrogens with one attached hydrogen (secondary N) is 1. The Kier molecular flexibility index (Phi) is 6.57. The van der Waals surface area contributed by atoms with Crippen molar-refractivity contribution in [3.63, 3.8) is 0 Å². The van der Waals surface area contributed by atoms with E-state index in [4.69, 9.17) is 16.3 Å². The molecule has 1 N–H and O–H groups in total. The summed E-state index contributed by atoms with van der Waals surface area (Å²) in [5, 5.41) is 5.42. The highest BCUT2D eigenvalue weighted by molar-refractivity contribution is 6.30. The number of nitrogens with zero attached hydrogens (tertiary/aromatic N) is 2.